The maximum atomic E-state index is 12.5. The van der Waals surface area contributed by atoms with Gasteiger partial charge in [0.25, 0.3) is 5.91 Å². The van der Waals surface area contributed by atoms with Gasteiger partial charge in [-0.25, -0.2) is 4.79 Å². The van der Waals surface area contributed by atoms with E-state index < -0.39 is 30.4 Å². The van der Waals surface area contributed by atoms with Crippen molar-refractivity contribution >= 4 is 23.8 Å². The van der Waals surface area contributed by atoms with Gasteiger partial charge in [-0.3, -0.25) is 19.7 Å². The number of rotatable bonds is 5. The lowest BCUT2D eigenvalue weighted by molar-refractivity contribution is -0.152. The fourth-order valence-corrected chi connectivity index (χ4v) is 4.91. The predicted molar refractivity (Wildman–Crippen MR) is 106 cm³/mol. The number of likely N-dealkylation sites (tertiary alicyclic amines) is 1. The standard InChI is InChI=1S/C21H33N3O5/c1-13-6-5-9-17(14(13)2)24-11-15(10-19(24)26)20(27)29-12-18(25)23-21(28)22-16-7-3-4-8-16/h13-17H,3-12H2,1-2H3,(H2,22,23,25,28)/t13-,14+,15+,17+/m0/s1. The number of ether oxygens (including phenoxy) is 1. The molecule has 2 N–H and O–H groups in total. The second-order valence-electron chi connectivity index (χ2n) is 8.89. The summed E-state index contributed by atoms with van der Waals surface area (Å²) in [4.78, 5) is 50.3. The summed E-state index contributed by atoms with van der Waals surface area (Å²) in [5.41, 5.74) is 0. The van der Waals surface area contributed by atoms with Crippen LogP contribution >= 0.6 is 0 Å². The van der Waals surface area contributed by atoms with Crippen molar-refractivity contribution in [3.8, 4) is 0 Å². The molecule has 0 aromatic carbocycles. The first-order chi connectivity index (χ1) is 13.8. The zero-order valence-corrected chi connectivity index (χ0v) is 17.4. The normalized spacial score (nSPS) is 30.3. The molecule has 3 fully saturated rings. The number of esters is 1. The fraction of sp³-hybridized carbons (Fsp3) is 0.810. The third-order valence-corrected chi connectivity index (χ3v) is 6.84. The van der Waals surface area contributed by atoms with Crippen molar-refractivity contribution in [3.05, 3.63) is 0 Å². The van der Waals surface area contributed by atoms with Gasteiger partial charge in [0.1, 0.15) is 0 Å². The van der Waals surface area contributed by atoms with Gasteiger partial charge in [0.15, 0.2) is 6.61 Å². The minimum atomic E-state index is -0.662. The molecule has 4 amide bonds. The fourth-order valence-electron chi connectivity index (χ4n) is 4.91. The Morgan fingerprint density at radius 2 is 1.79 bits per heavy atom. The molecule has 162 valence electrons. The number of amides is 4. The highest BCUT2D eigenvalue weighted by Gasteiger charge is 2.42. The largest absolute Gasteiger partial charge is 0.455 e. The highest BCUT2D eigenvalue weighted by molar-refractivity contribution is 5.96. The molecule has 4 atom stereocenters. The second kappa shape index (κ2) is 9.59. The molecule has 2 saturated carbocycles. The maximum Gasteiger partial charge on any atom is 0.321 e. The highest BCUT2D eigenvalue weighted by atomic mass is 16.5. The van der Waals surface area contributed by atoms with Crippen molar-refractivity contribution in [1.29, 1.82) is 0 Å². The summed E-state index contributed by atoms with van der Waals surface area (Å²) in [6, 6.07) is -0.280. The molecule has 0 unspecified atom stereocenters. The molecule has 3 rings (SSSR count). The summed E-state index contributed by atoms with van der Waals surface area (Å²) < 4.78 is 5.08. The van der Waals surface area contributed by atoms with Crippen LogP contribution in [0.4, 0.5) is 4.79 Å². The SMILES string of the molecule is C[C@H]1[C@H](N2C[C@H](C(=O)OCC(=O)NC(=O)NC3CCCC3)CC2=O)CCC[C@@H]1C. The molecule has 2 aliphatic carbocycles. The Hall–Kier alpha value is -2.12. The van der Waals surface area contributed by atoms with Gasteiger partial charge in [-0.05, 0) is 31.1 Å². The Balaban J connectivity index is 1.42. The van der Waals surface area contributed by atoms with E-state index in [4.69, 9.17) is 4.74 Å². The van der Waals surface area contributed by atoms with E-state index in [0.717, 1.165) is 38.5 Å². The number of carbonyl (C=O) groups excluding carboxylic acids is 4. The summed E-state index contributed by atoms with van der Waals surface area (Å²) >= 11 is 0. The smallest absolute Gasteiger partial charge is 0.321 e. The Bertz CT molecular complexity index is 646. The highest BCUT2D eigenvalue weighted by Crippen LogP contribution is 2.35. The molecule has 8 nitrogen and oxygen atoms in total. The van der Waals surface area contributed by atoms with Crippen LogP contribution in [0, 0.1) is 17.8 Å². The van der Waals surface area contributed by atoms with Crippen molar-refractivity contribution in [2.45, 2.75) is 77.3 Å². The first-order valence-electron chi connectivity index (χ1n) is 10.9. The summed E-state index contributed by atoms with van der Waals surface area (Å²) in [5.74, 6) is -0.808. The number of urea groups is 1. The summed E-state index contributed by atoms with van der Waals surface area (Å²) in [5, 5.41) is 4.93. The molecule has 0 aromatic heterocycles. The van der Waals surface area contributed by atoms with E-state index in [0.29, 0.717) is 18.4 Å². The van der Waals surface area contributed by atoms with Gasteiger partial charge in [0.05, 0.1) is 5.92 Å². The third-order valence-electron chi connectivity index (χ3n) is 6.84. The average molecular weight is 408 g/mol. The summed E-state index contributed by atoms with van der Waals surface area (Å²) in [7, 11) is 0. The van der Waals surface area contributed by atoms with Crippen LogP contribution in [-0.4, -0.2) is 54.0 Å². The molecule has 1 saturated heterocycles. The monoisotopic (exact) mass is 407 g/mol. The number of imide groups is 1. The number of hydrogen-bond acceptors (Lipinski definition) is 5. The summed E-state index contributed by atoms with van der Waals surface area (Å²) in [6.07, 6.45) is 7.35. The molecular weight excluding hydrogens is 374 g/mol. The van der Waals surface area contributed by atoms with Gasteiger partial charge in [-0.15, -0.1) is 0 Å². The van der Waals surface area contributed by atoms with Gasteiger partial charge in [-0.1, -0.05) is 39.5 Å². The molecule has 29 heavy (non-hydrogen) atoms. The van der Waals surface area contributed by atoms with Crippen molar-refractivity contribution in [1.82, 2.24) is 15.5 Å². The second-order valence-corrected chi connectivity index (χ2v) is 8.89. The number of carbonyl (C=O) groups is 4. The minimum Gasteiger partial charge on any atom is -0.455 e. The quantitative estimate of drug-likeness (QED) is 0.678. The van der Waals surface area contributed by atoms with E-state index in [-0.39, 0.29) is 24.4 Å². The first kappa shape index (κ1) is 21.6. The minimum absolute atomic E-state index is 0.0155. The Kier molecular flexibility index (Phi) is 7.14. The van der Waals surface area contributed by atoms with Crippen LogP contribution in [0.2, 0.25) is 0 Å². The van der Waals surface area contributed by atoms with Crippen LogP contribution in [0.3, 0.4) is 0 Å². The van der Waals surface area contributed by atoms with E-state index in [9.17, 15) is 19.2 Å². The summed E-state index contributed by atoms with van der Waals surface area (Å²) in [6.45, 7) is 4.22. The molecule has 1 aliphatic heterocycles. The Morgan fingerprint density at radius 1 is 1.07 bits per heavy atom. The van der Waals surface area contributed by atoms with Gasteiger partial charge in [0.2, 0.25) is 5.91 Å². The van der Waals surface area contributed by atoms with E-state index in [1.54, 1.807) is 0 Å². The molecule has 1 heterocycles. The lowest BCUT2D eigenvalue weighted by atomic mass is 9.77. The molecule has 3 aliphatic rings. The van der Waals surface area contributed by atoms with Crippen molar-refractivity contribution < 1.29 is 23.9 Å². The lowest BCUT2D eigenvalue weighted by Gasteiger charge is -2.39. The molecule has 8 heteroatoms. The number of nitrogens with zero attached hydrogens (tertiary/aromatic N) is 1. The zero-order valence-electron chi connectivity index (χ0n) is 17.4. The van der Waals surface area contributed by atoms with E-state index in [1.807, 2.05) is 4.90 Å². The molecule has 0 spiro atoms. The maximum absolute atomic E-state index is 12.5. The van der Waals surface area contributed by atoms with Gasteiger partial charge < -0.3 is 15.0 Å². The average Bonchev–Trinajstić information content (AvgIpc) is 3.31. The number of nitrogens with one attached hydrogen (secondary N) is 2. The van der Waals surface area contributed by atoms with E-state index in [1.165, 1.54) is 6.42 Å². The first-order valence-corrected chi connectivity index (χ1v) is 10.9. The predicted octanol–water partition coefficient (Wildman–Crippen LogP) is 1.97. The van der Waals surface area contributed by atoms with Crippen LogP contribution in [0.1, 0.15) is 65.2 Å². The zero-order chi connectivity index (χ0) is 21.0. The van der Waals surface area contributed by atoms with Crippen LogP contribution in [0.25, 0.3) is 0 Å². The van der Waals surface area contributed by atoms with E-state index >= 15 is 0 Å². The van der Waals surface area contributed by atoms with Crippen LogP contribution in [-0.2, 0) is 19.1 Å². The molecule has 0 aromatic rings. The van der Waals surface area contributed by atoms with Crippen LogP contribution < -0.4 is 10.6 Å². The Morgan fingerprint density at radius 3 is 2.52 bits per heavy atom. The van der Waals surface area contributed by atoms with E-state index in [2.05, 4.69) is 24.5 Å². The van der Waals surface area contributed by atoms with Crippen molar-refractivity contribution in [2.24, 2.45) is 17.8 Å². The van der Waals surface area contributed by atoms with Gasteiger partial charge in [0, 0.05) is 25.0 Å². The molecule has 0 bridgehead atoms. The third kappa shape index (κ3) is 5.48. The van der Waals surface area contributed by atoms with Crippen molar-refractivity contribution in [2.75, 3.05) is 13.2 Å². The Labute approximate surface area is 172 Å². The lowest BCUT2D eigenvalue weighted by Crippen LogP contribution is -2.45. The van der Waals surface area contributed by atoms with Crippen LogP contribution in [0.5, 0.6) is 0 Å². The van der Waals surface area contributed by atoms with Crippen LogP contribution in [0.15, 0.2) is 0 Å². The number of hydrogen-bond donors (Lipinski definition) is 2. The molecule has 0 radical (unpaired) electrons. The topological polar surface area (TPSA) is 105 Å². The molecular formula is C21H33N3O5. The van der Waals surface area contributed by atoms with Crippen molar-refractivity contribution in [3.63, 3.8) is 0 Å². The van der Waals surface area contributed by atoms with Gasteiger partial charge >= 0.3 is 12.0 Å². The van der Waals surface area contributed by atoms with Gasteiger partial charge in [-0.2, -0.15) is 0 Å².